The lowest BCUT2D eigenvalue weighted by Gasteiger charge is -2.26. The van der Waals surface area contributed by atoms with Gasteiger partial charge in [-0.05, 0) is 44.5 Å². The summed E-state index contributed by atoms with van der Waals surface area (Å²) in [5, 5.41) is 0. The Labute approximate surface area is 110 Å². The number of ketones is 1. The summed E-state index contributed by atoms with van der Waals surface area (Å²) in [4.78, 5) is 14.3. The highest BCUT2D eigenvalue weighted by Gasteiger charge is 2.10. The molecular weight excluding hydrogens is 222 g/mol. The van der Waals surface area contributed by atoms with Crippen molar-refractivity contribution in [2.75, 3.05) is 19.6 Å². The van der Waals surface area contributed by atoms with Gasteiger partial charge in [-0.25, -0.2) is 0 Å². The fourth-order valence-corrected chi connectivity index (χ4v) is 2.59. The zero-order chi connectivity index (χ0) is 12.6. The predicted octanol–water partition coefficient (Wildman–Crippen LogP) is 3.06. The molecule has 0 saturated carbocycles. The van der Waals surface area contributed by atoms with Gasteiger partial charge < -0.3 is 4.90 Å². The van der Waals surface area contributed by atoms with Gasteiger partial charge in [0.15, 0.2) is 0 Å². The van der Waals surface area contributed by atoms with Gasteiger partial charge in [0, 0.05) is 12.8 Å². The van der Waals surface area contributed by atoms with Crippen LogP contribution in [0.3, 0.4) is 0 Å². The summed E-state index contributed by atoms with van der Waals surface area (Å²) in [6.45, 7) is 3.56. The van der Waals surface area contributed by atoms with Crippen molar-refractivity contribution in [3.8, 4) is 0 Å². The Morgan fingerprint density at radius 2 is 1.78 bits per heavy atom. The molecule has 1 aromatic rings. The molecule has 2 rings (SSSR count). The molecule has 18 heavy (non-hydrogen) atoms. The van der Waals surface area contributed by atoms with Gasteiger partial charge in [-0.15, -0.1) is 0 Å². The maximum Gasteiger partial charge on any atom is 0.137 e. The van der Waals surface area contributed by atoms with Crippen LogP contribution in [-0.2, 0) is 11.2 Å². The van der Waals surface area contributed by atoms with Crippen molar-refractivity contribution < 1.29 is 4.79 Å². The third-order valence-corrected chi connectivity index (χ3v) is 3.62. The quantitative estimate of drug-likeness (QED) is 0.767. The van der Waals surface area contributed by atoms with Gasteiger partial charge in [-0.1, -0.05) is 36.8 Å². The Kier molecular flexibility index (Phi) is 5.40. The van der Waals surface area contributed by atoms with Crippen LogP contribution in [0.25, 0.3) is 0 Å². The summed E-state index contributed by atoms with van der Waals surface area (Å²) in [5.41, 5.74) is 1.14. The van der Waals surface area contributed by atoms with Crippen molar-refractivity contribution in [1.29, 1.82) is 0 Å². The minimum absolute atomic E-state index is 0.373. The zero-order valence-electron chi connectivity index (χ0n) is 11.1. The summed E-state index contributed by atoms with van der Waals surface area (Å²) in [6.07, 6.45) is 6.39. The van der Waals surface area contributed by atoms with Crippen molar-refractivity contribution >= 4 is 5.78 Å². The van der Waals surface area contributed by atoms with Crippen molar-refractivity contribution in [3.05, 3.63) is 35.9 Å². The van der Waals surface area contributed by atoms with Crippen LogP contribution >= 0.6 is 0 Å². The first-order valence-corrected chi connectivity index (χ1v) is 7.12. The van der Waals surface area contributed by atoms with E-state index in [9.17, 15) is 4.79 Å². The highest BCUT2D eigenvalue weighted by Crippen LogP contribution is 2.10. The van der Waals surface area contributed by atoms with E-state index in [1.54, 1.807) is 0 Å². The molecule has 1 heterocycles. The maximum absolute atomic E-state index is 11.8. The van der Waals surface area contributed by atoms with E-state index >= 15 is 0 Å². The van der Waals surface area contributed by atoms with E-state index in [0.29, 0.717) is 12.2 Å². The standard InChI is InChI=1S/C16H23NO/c18-16(14-15-8-3-1-4-9-15)10-7-13-17-11-5-2-6-12-17/h1,3-4,8-9H,2,5-7,10-14H2. The topological polar surface area (TPSA) is 20.3 Å². The van der Waals surface area contributed by atoms with Gasteiger partial charge in [0.1, 0.15) is 5.78 Å². The highest BCUT2D eigenvalue weighted by molar-refractivity contribution is 5.80. The minimum Gasteiger partial charge on any atom is -0.303 e. The van der Waals surface area contributed by atoms with E-state index in [1.165, 1.54) is 32.4 Å². The Balaban J connectivity index is 1.62. The summed E-state index contributed by atoms with van der Waals surface area (Å²) < 4.78 is 0. The minimum atomic E-state index is 0.373. The number of nitrogens with zero attached hydrogens (tertiary/aromatic N) is 1. The SMILES string of the molecule is O=C(CCCN1CCCCC1)Cc1ccccc1. The van der Waals surface area contributed by atoms with E-state index in [1.807, 2.05) is 30.3 Å². The molecule has 2 heteroatoms. The second-order valence-corrected chi connectivity index (χ2v) is 5.21. The molecule has 1 aromatic carbocycles. The Bertz CT molecular complexity index is 355. The molecule has 0 aromatic heterocycles. The summed E-state index contributed by atoms with van der Waals surface area (Å²) >= 11 is 0. The first-order chi connectivity index (χ1) is 8.84. The first-order valence-electron chi connectivity index (χ1n) is 7.12. The van der Waals surface area contributed by atoms with Crippen LogP contribution in [0.15, 0.2) is 30.3 Å². The van der Waals surface area contributed by atoms with Crippen LogP contribution in [-0.4, -0.2) is 30.3 Å². The van der Waals surface area contributed by atoms with E-state index in [0.717, 1.165) is 24.9 Å². The van der Waals surface area contributed by atoms with Crippen LogP contribution < -0.4 is 0 Å². The van der Waals surface area contributed by atoms with Crippen LogP contribution in [0, 0.1) is 0 Å². The third kappa shape index (κ3) is 4.61. The van der Waals surface area contributed by atoms with Crippen LogP contribution in [0.4, 0.5) is 0 Å². The number of rotatable bonds is 6. The Morgan fingerprint density at radius 3 is 2.50 bits per heavy atom. The summed E-state index contributed by atoms with van der Waals surface area (Å²) in [7, 11) is 0. The number of likely N-dealkylation sites (tertiary alicyclic amines) is 1. The molecule has 1 aliphatic rings. The smallest absolute Gasteiger partial charge is 0.137 e. The molecule has 1 saturated heterocycles. The van der Waals surface area contributed by atoms with Gasteiger partial charge in [-0.3, -0.25) is 4.79 Å². The lowest BCUT2D eigenvalue weighted by molar-refractivity contribution is -0.118. The molecule has 0 bridgehead atoms. The molecule has 98 valence electrons. The molecule has 1 aliphatic heterocycles. The van der Waals surface area contributed by atoms with Gasteiger partial charge in [0.2, 0.25) is 0 Å². The second kappa shape index (κ2) is 7.32. The Hall–Kier alpha value is -1.15. The monoisotopic (exact) mass is 245 g/mol. The molecule has 0 spiro atoms. The third-order valence-electron chi connectivity index (χ3n) is 3.62. The highest BCUT2D eigenvalue weighted by atomic mass is 16.1. The van der Waals surface area contributed by atoms with Gasteiger partial charge in [0.25, 0.3) is 0 Å². The summed E-state index contributed by atoms with van der Waals surface area (Å²) in [5.74, 6) is 0.373. The van der Waals surface area contributed by atoms with E-state index in [-0.39, 0.29) is 0 Å². The second-order valence-electron chi connectivity index (χ2n) is 5.21. The number of benzene rings is 1. The lowest BCUT2D eigenvalue weighted by Crippen LogP contribution is -2.30. The van der Waals surface area contributed by atoms with E-state index in [4.69, 9.17) is 0 Å². The largest absolute Gasteiger partial charge is 0.303 e. The Morgan fingerprint density at radius 1 is 1.06 bits per heavy atom. The van der Waals surface area contributed by atoms with E-state index < -0.39 is 0 Å². The van der Waals surface area contributed by atoms with Crippen molar-refractivity contribution in [3.63, 3.8) is 0 Å². The average Bonchev–Trinajstić information content (AvgIpc) is 2.41. The molecule has 0 N–H and O–H groups in total. The van der Waals surface area contributed by atoms with Crippen molar-refractivity contribution in [2.45, 2.75) is 38.5 Å². The number of carbonyl (C=O) groups excluding carboxylic acids is 1. The van der Waals surface area contributed by atoms with Crippen LogP contribution in [0.1, 0.15) is 37.7 Å². The fourth-order valence-electron chi connectivity index (χ4n) is 2.59. The number of carbonyl (C=O) groups is 1. The van der Waals surface area contributed by atoms with Crippen molar-refractivity contribution in [2.24, 2.45) is 0 Å². The molecule has 0 amide bonds. The van der Waals surface area contributed by atoms with Crippen LogP contribution in [0.5, 0.6) is 0 Å². The predicted molar refractivity (Wildman–Crippen MR) is 74.7 cm³/mol. The average molecular weight is 245 g/mol. The number of Topliss-reactive ketones (excluding diaryl/α,β-unsaturated/α-hetero) is 1. The molecule has 0 unspecified atom stereocenters. The molecule has 2 nitrogen and oxygen atoms in total. The van der Waals surface area contributed by atoms with Crippen molar-refractivity contribution in [1.82, 2.24) is 4.90 Å². The summed E-state index contributed by atoms with van der Waals surface area (Å²) in [6, 6.07) is 10.0. The number of piperidine rings is 1. The molecule has 1 fully saturated rings. The maximum atomic E-state index is 11.8. The molecular formula is C16H23NO. The number of hydrogen-bond acceptors (Lipinski definition) is 2. The fraction of sp³-hybridized carbons (Fsp3) is 0.562. The van der Waals surface area contributed by atoms with Gasteiger partial charge in [-0.2, -0.15) is 0 Å². The normalized spacial score (nSPS) is 16.7. The van der Waals surface area contributed by atoms with Crippen LogP contribution in [0.2, 0.25) is 0 Å². The number of hydrogen-bond donors (Lipinski definition) is 0. The molecule has 0 aliphatic carbocycles. The van der Waals surface area contributed by atoms with Gasteiger partial charge in [0.05, 0.1) is 0 Å². The zero-order valence-corrected chi connectivity index (χ0v) is 11.1. The van der Waals surface area contributed by atoms with Gasteiger partial charge >= 0.3 is 0 Å². The molecule has 0 radical (unpaired) electrons. The molecule has 0 atom stereocenters. The van der Waals surface area contributed by atoms with E-state index in [2.05, 4.69) is 4.90 Å². The lowest BCUT2D eigenvalue weighted by atomic mass is 10.1. The first kappa shape index (κ1) is 13.3.